The van der Waals surface area contributed by atoms with Crippen LogP contribution in [-0.2, 0) is 0 Å². The number of nitrogens with one attached hydrogen (secondary N) is 1. The molecule has 0 saturated carbocycles. The molecule has 1 aromatic rings. The molecule has 0 fully saturated rings. The fourth-order valence-electron chi connectivity index (χ4n) is 1.52. The van der Waals surface area contributed by atoms with Crippen LogP contribution in [0.4, 0.5) is 4.39 Å². The predicted octanol–water partition coefficient (Wildman–Crippen LogP) is 2.48. The molecule has 0 radical (unpaired) electrons. The van der Waals surface area contributed by atoms with Crippen molar-refractivity contribution in [2.24, 2.45) is 5.73 Å². The Kier molecular flexibility index (Phi) is 4.51. The summed E-state index contributed by atoms with van der Waals surface area (Å²) in [6.45, 7) is 4.29. The Labute approximate surface area is 94.6 Å². The van der Waals surface area contributed by atoms with Gasteiger partial charge in [0.15, 0.2) is 0 Å². The molecule has 0 aliphatic heterocycles. The van der Waals surface area contributed by atoms with Crippen molar-refractivity contribution >= 4 is 11.6 Å². The molecule has 0 amide bonds. The highest BCUT2D eigenvalue weighted by atomic mass is 35.5. The van der Waals surface area contributed by atoms with Crippen molar-refractivity contribution in [1.29, 1.82) is 0 Å². The highest BCUT2D eigenvalue weighted by Crippen LogP contribution is 2.25. The Morgan fingerprint density at radius 1 is 1.47 bits per heavy atom. The zero-order valence-electron chi connectivity index (χ0n) is 8.93. The number of nitrogens with two attached hydrogens (primary N) is 1. The molecule has 15 heavy (non-hydrogen) atoms. The van der Waals surface area contributed by atoms with E-state index in [1.54, 1.807) is 12.1 Å². The number of halogens is 2. The third-order valence-electron chi connectivity index (χ3n) is 2.12. The van der Waals surface area contributed by atoms with Crippen LogP contribution >= 0.6 is 11.6 Å². The van der Waals surface area contributed by atoms with Crippen LogP contribution in [0.5, 0.6) is 0 Å². The normalized spacial score (nSPS) is 13.2. The van der Waals surface area contributed by atoms with Crippen molar-refractivity contribution in [3.63, 3.8) is 0 Å². The lowest BCUT2D eigenvalue weighted by Gasteiger charge is -2.21. The Bertz CT molecular complexity index is 308. The fraction of sp³-hybridized carbons (Fsp3) is 0.455. The van der Waals surface area contributed by atoms with Gasteiger partial charge in [-0.05, 0) is 12.1 Å². The van der Waals surface area contributed by atoms with E-state index < -0.39 is 0 Å². The van der Waals surface area contributed by atoms with Gasteiger partial charge in [-0.3, -0.25) is 0 Å². The molecule has 0 spiro atoms. The van der Waals surface area contributed by atoms with Gasteiger partial charge in [-0.2, -0.15) is 0 Å². The second-order valence-corrected chi connectivity index (χ2v) is 4.15. The van der Waals surface area contributed by atoms with Gasteiger partial charge in [0, 0.05) is 29.2 Å². The maximum atomic E-state index is 13.6. The lowest BCUT2D eigenvalue weighted by Crippen LogP contribution is -2.34. The van der Waals surface area contributed by atoms with Gasteiger partial charge in [-0.1, -0.05) is 31.5 Å². The van der Waals surface area contributed by atoms with Crippen molar-refractivity contribution in [3.8, 4) is 0 Å². The third-order valence-corrected chi connectivity index (χ3v) is 2.45. The minimum atomic E-state index is -0.314. The van der Waals surface area contributed by atoms with E-state index in [0.29, 0.717) is 17.1 Å². The Hall–Kier alpha value is -0.640. The van der Waals surface area contributed by atoms with Crippen molar-refractivity contribution in [1.82, 2.24) is 5.32 Å². The fourth-order valence-corrected chi connectivity index (χ4v) is 1.81. The highest BCUT2D eigenvalue weighted by molar-refractivity contribution is 6.31. The molecule has 0 bridgehead atoms. The number of hydrogen-bond donors (Lipinski definition) is 2. The van der Waals surface area contributed by atoms with E-state index in [1.165, 1.54) is 6.07 Å². The molecule has 3 N–H and O–H groups in total. The van der Waals surface area contributed by atoms with Gasteiger partial charge >= 0.3 is 0 Å². The molecule has 0 aliphatic carbocycles. The summed E-state index contributed by atoms with van der Waals surface area (Å²) in [7, 11) is 0. The lowest BCUT2D eigenvalue weighted by molar-refractivity contribution is 0.464. The van der Waals surface area contributed by atoms with Gasteiger partial charge in [-0.15, -0.1) is 0 Å². The maximum Gasteiger partial charge on any atom is 0.129 e. The van der Waals surface area contributed by atoms with Crippen molar-refractivity contribution < 1.29 is 4.39 Å². The average molecular weight is 231 g/mol. The van der Waals surface area contributed by atoms with Crippen LogP contribution in [-0.4, -0.2) is 12.6 Å². The maximum absolute atomic E-state index is 13.6. The number of rotatable bonds is 4. The number of hydrogen-bond acceptors (Lipinski definition) is 2. The van der Waals surface area contributed by atoms with Crippen LogP contribution in [0.15, 0.2) is 18.2 Å². The van der Waals surface area contributed by atoms with Crippen LogP contribution in [0.3, 0.4) is 0 Å². The first-order valence-electron chi connectivity index (χ1n) is 4.96. The Morgan fingerprint density at radius 2 is 2.13 bits per heavy atom. The molecule has 0 heterocycles. The van der Waals surface area contributed by atoms with E-state index in [1.807, 2.05) is 13.8 Å². The highest BCUT2D eigenvalue weighted by Gasteiger charge is 2.17. The first kappa shape index (κ1) is 12.4. The molecular formula is C11H16ClFN2. The number of benzene rings is 1. The van der Waals surface area contributed by atoms with Crippen LogP contribution in [0.2, 0.25) is 5.02 Å². The van der Waals surface area contributed by atoms with Gasteiger partial charge in [0.25, 0.3) is 0 Å². The first-order chi connectivity index (χ1) is 7.06. The van der Waals surface area contributed by atoms with Crippen molar-refractivity contribution in [2.75, 3.05) is 6.54 Å². The summed E-state index contributed by atoms with van der Waals surface area (Å²) in [6, 6.07) is 4.65. The lowest BCUT2D eigenvalue weighted by atomic mass is 10.1. The molecule has 1 aromatic carbocycles. The van der Waals surface area contributed by atoms with Gasteiger partial charge in [0.1, 0.15) is 5.82 Å². The van der Waals surface area contributed by atoms with Crippen molar-refractivity contribution in [2.45, 2.75) is 25.9 Å². The minimum Gasteiger partial charge on any atom is -0.329 e. The van der Waals surface area contributed by atoms with Crippen LogP contribution in [0, 0.1) is 5.82 Å². The second kappa shape index (κ2) is 5.45. The van der Waals surface area contributed by atoms with Crippen LogP contribution in [0.1, 0.15) is 25.5 Å². The molecule has 1 atom stereocenters. The Balaban J connectivity index is 3.00. The zero-order valence-corrected chi connectivity index (χ0v) is 9.68. The molecule has 1 unspecified atom stereocenters. The average Bonchev–Trinajstić information content (AvgIpc) is 2.15. The van der Waals surface area contributed by atoms with E-state index >= 15 is 0 Å². The monoisotopic (exact) mass is 230 g/mol. The van der Waals surface area contributed by atoms with E-state index in [9.17, 15) is 4.39 Å². The van der Waals surface area contributed by atoms with Gasteiger partial charge in [0.2, 0.25) is 0 Å². The molecule has 1 rings (SSSR count). The van der Waals surface area contributed by atoms with E-state index in [0.717, 1.165) is 0 Å². The van der Waals surface area contributed by atoms with Gasteiger partial charge < -0.3 is 11.1 Å². The quantitative estimate of drug-likeness (QED) is 0.834. The largest absolute Gasteiger partial charge is 0.329 e. The summed E-state index contributed by atoms with van der Waals surface area (Å²) in [4.78, 5) is 0. The van der Waals surface area contributed by atoms with E-state index in [-0.39, 0.29) is 17.9 Å². The minimum absolute atomic E-state index is 0.231. The zero-order chi connectivity index (χ0) is 11.4. The van der Waals surface area contributed by atoms with Crippen LogP contribution in [0.25, 0.3) is 0 Å². The molecule has 4 heteroatoms. The Morgan fingerprint density at radius 3 is 2.60 bits per heavy atom. The van der Waals surface area contributed by atoms with E-state index in [4.69, 9.17) is 17.3 Å². The molecule has 84 valence electrons. The summed E-state index contributed by atoms with van der Waals surface area (Å²) < 4.78 is 13.6. The third kappa shape index (κ3) is 3.16. The molecule has 0 aliphatic rings. The van der Waals surface area contributed by atoms with Crippen LogP contribution < -0.4 is 11.1 Å². The van der Waals surface area contributed by atoms with Crippen molar-refractivity contribution in [3.05, 3.63) is 34.6 Å². The molecule has 0 saturated heterocycles. The first-order valence-corrected chi connectivity index (χ1v) is 5.34. The van der Waals surface area contributed by atoms with Gasteiger partial charge in [0.05, 0.1) is 0 Å². The summed E-state index contributed by atoms with van der Waals surface area (Å²) in [5.74, 6) is -0.314. The standard InChI is InChI=1S/C11H16ClFN2/c1-7(2)15-10(6-14)11-8(12)4-3-5-9(11)13/h3-5,7,10,15H,6,14H2,1-2H3. The molecule has 0 aromatic heterocycles. The molecule has 2 nitrogen and oxygen atoms in total. The smallest absolute Gasteiger partial charge is 0.129 e. The molecular weight excluding hydrogens is 215 g/mol. The summed E-state index contributed by atoms with van der Waals surface area (Å²) in [5, 5.41) is 3.59. The summed E-state index contributed by atoms with van der Waals surface area (Å²) in [5.41, 5.74) is 6.06. The topological polar surface area (TPSA) is 38.0 Å². The van der Waals surface area contributed by atoms with E-state index in [2.05, 4.69) is 5.32 Å². The predicted molar refractivity (Wildman–Crippen MR) is 61.5 cm³/mol. The van der Waals surface area contributed by atoms with Gasteiger partial charge in [-0.25, -0.2) is 4.39 Å². The summed E-state index contributed by atoms with van der Waals surface area (Å²) >= 11 is 5.95. The summed E-state index contributed by atoms with van der Waals surface area (Å²) in [6.07, 6.45) is 0. The second-order valence-electron chi connectivity index (χ2n) is 3.74. The SMILES string of the molecule is CC(C)NC(CN)c1c(F)cccc1Cl.